The predicted molar refractivity (Wildman–Crippen MR) is 100 cm³/mol. The molecule has 0 spiro atoms. The molecule has 0 heterocycles. The summed E-state index contributed by atoms with van der Waals surface area (Å²) in [6.07, 6.45) is 24.2. The van der Waals surface area contributed by atoms with E-state index in [1.807, 2.05) is 0 Å². The van der Waals surface area contributed by atoms with E-state index in [0.717, 1.165) is 32.2 Å². The fourth-order valence-corrected chi connectivity index (χ4v) is 13.0. The molecule has 0 aromatic heterocycles. The summed E-state index contributed by atoms with van der Waals surface area (Å²) in [5.41, 5.74) is 0.856. The van der Waals surface area contributed by atoms with Crippen LogP contribution in [0.1, 0.15) is 96.3 Å². The Kier molecular flexibility index (Phi) is 4.17. The summed E-state index contributed by atoms with van der Waals surface area (Å²) in [5, 5.41) is 0. The van der Waals surface area contributed by atoms with Crippen molar-refractivity contribution in [2.45, 2.75) is 99.4 Å². The molecule has 6 fully saturated rings. The van der Waals surface area contributed by atoms with Crippen LogP contribution in [0.15, 0.2) is 0 Å². The molecule has 0 amide bonds. The first-order chi connectivity index (χ1) is 11.2. The Balaban J connectivity index is 1.55. The van der Waals surface area contributed by atoms with Crippen molar-refractivity contribution in [3.8, 4) is 0 Å². The van der Waals surface area contributed by atoms with Crippen molar-refractivity contribution < 1.29 is 0 Å². The fourth-order valence-electron chi connectivity index (χ4n) is 8.82. The monoisotopic (exact) mass is 510 g/mol. The summed E-state index contributed by atoms with van der Waals surface area (Å²) in [5.74, 6) is 5.81. The number of rotatable bonds is 2. The summed E-state index contributed by atoms with van der Waals surface area (Å²) in [7, 11) is 0. The van der Waals surface area contributed by atoms with E-state index in [9.17, 15) is 0 Å². The van der Waals surface area contributed by atoms with Crippen LogP contribution in [0.4, 0.5) is 0 Å². The Bertz CT molecular complexity index is 427. The van der Waals surface area contributed by atoms with Crippen LogP contribution < -0.4 is 0 Å². The Morgan fingerprint density at radius 1 is 0.565 bits per heavy atom. The summed E-state index contributed by atoms with van der Waals surface area (Å²) in [6, 6.07) is 0. The van der Waals surface area contributed by atoms with Gasteiger partial charge in [-0.2, -0.15) is 0 Å². The minimum atomic E-state index is 0.856. The van der Waals surface area contributed by atoms with Crippen molar-refractivity contribution in [1.82, 2.24) is 0 Å². The van der Waals surface area contributed by atoms with Gasteiger partial charge in [-0.05, 0) is 0 Å². The zero-order chi connectivity index (χ0) is 15.5. The maximum atomic E-state index is 1.69. The average molecular weight is 511 g/mol. The second-order valence-electron chi connectivity index (χ2n) is 10.3. The topological polar surface area (TPSA) is 0 Å². The van der Waals surface area contributed by atoms with Gasteiger partial charge in [0, 0.05) is 0 Å². The van der Waals surface area contributed by atoms with Gasteiger partial charge in [-0.1, -0.05) is 0 Å². The summed E-state index contributed by atoms with van der Waals surface area (Å²) >= 11 is 1.25. The molecule has 3 unspecified atom stereocenters. The molecule has 6 aliphatic carbocycles. The van der Waals surface area contributed by atoms with Crippen LogP contribution in [0.25, 0.3) is 0 Å². The van der Waals surface area contributed by atoms with Crippen LogP contribution in [-0.4, -0.2) is 24.7 Å². The Morgan fingerprint density at radius 2 is 1.09 bits per heavy atom. The molecule has 0 nitrogen and oxygen atoms in total. The molecule has 0 radical (unpaired) electrons. The number of hydrogen-bond acceptors (Lipinski definition) is 0. The first-order valence-corrected chi connectivity index (χ1v) is 13.3. The van der Waals surface area contributed by atoms with Gasteiger partial charge in [0.05, 0.1) is 0 Å². The van der Waals surface area contributed by atoms with Crippen molar-refractivity contribution in [3.63, 3.8) is 0 Å². The van der Waals surface area contributed by atoms with E-state index in [-0.39, 0.29) is 0 Å². The maximum absolute atomic E-state index is 1.69. The van der Waals surface area contributed by atoms with Gasteiger partial charge in [-0.3, -0.25) is 0 Å². The van der Waals surface area contributed by atoms with Gasteiger partial charge < -0.3 is 0 Å². The van der Waals surface area contributed by atoms with Gasteiger partial charge in [-0.15, -0.1) is 0 Å². The molecule has 130 valence electrons. The van der Waals surface area contributed by atoms with Crippen molar-refractivity contribution in [1.29, 1.82) is 0 Å². The molecule has 6 rings (SSSR count). The first kappa shape index (κ1) is 16.1. The third-order valence-electron chi connectivity index (χ3n) is 9.41. The molecule has 4 bridgehead atoms. The number of hydrogen-bond donors (Lipinski definition) is 0. The summed E-state index contributed by atoms with van der Waals surface area (Å²) < 4.78 is 0.892. The second kappa shape index (κ2) is 5.96. The predicted octanol–water partition coefficient (Wildman–Crippen LogP) is 5.77. The van der Waals surface area contributed by atoms with Gasteiger partial charge in [-0.25, -0.2) is 0 Å². The third-order valence-corrected chi connectivity index (χ3v) is 15.3. The minimum absolute atomic E-state index is 0.856. The molecule has 0 saturated heterocycles. The van der Waals surface area contributed by atoms with Crippen molar-refractivity contribution in [2.75, 3.05) is 0 Å². The molecule has 0 aromatic carbocycles. The zero-order valence-corrected chi connectivity index (χ0v) is 19.6. The van der Waals surface area contributed by atoms with E-state index in [2.05, 4.69) is 0 Å². The molecule has 3 atom stereocenters. The van der Waals surface area contributed by atoms with Crippen LogP contribution in [0.5, 0.6) is 0 Å². The summed E-state index contributed by atoms with van der Waals surface area (Å²) in [6.45, 7) is 0. The SMILES string of the molecule is [BiH2][C]1(C2CCCCC2)C2CC3CC(C2)CC1(C1CCCCC1)C3. The molecule has 6 saturated carbocycles. The van der Waals surface area contributed by atoms with Crippen molar-refractivity contribution in [2.24, 2.45) is 35.0 Å². The van der Waals surface area contributed by atoms with E-state index in [1.165, 1.54) is 30.6 Å². The quantitative estimate of drug-likeness (QED) is 0.414. The van der Waals surface area contributed by atoms with E-state index in [4.69, 9.17) is 0 Å². The fraction of sp³-hybridized carbons (Fsp3) is 1.00. The molecule has 0 aromatic rings. The van der Waals surface area contributed by atoms with Gasteiger partial charge >= 0.3 is 159 Å². The van der Waals surface area contributed by atoms with Crippen molar-refractivity contribution in [3.05, 3.63) is 0 Å². The third kappa shape index (κ3) is 2.30. The van der Waals surface area contributed by atoms with Crippen molar-refractivity contribution >= 4 is 24.7 Å². The van der Waals surface area contributed by atoms with E-state index in [1.54, 1.807) is 96.3 Å². The Morgan fingerprint density at radius 3 is 1.65 bits per heavy atom. The Labute approximate surface area is 158 Å². The van der Waals surface area contributed by atoms with Gasteiger partial charge in [0.1, 0.15) is 0 Å². The standard InChI is InChI=1S/C22H35.Bi.2H/c1-3-7-18(8-4-1)21-19-12-16-11-17(13-19)15-22(21,14-16)20-9-5-2-6-10-20;;;/h16-20H,1-15H2;;;. The van der Waals surface area contributed by atoms with Crippen LogP contribution in [0, 0.1) is 35.0 Å². The molecule has 6 aliphatic rings. The van der Waals surface area contributed by atoms with Gasteiger partial charge in [0.2, 0.25) is 0 Å². The first-order valence-electron chi connectivity index (χ1n) is 11.0. The van der Waals surface area contributed by atoms with Crippen LogP contribution >= 0.6 is 0 Å². The van der Waals surface area contributed by atoms with Crippen LogP contribution in [0.3, 0.4) is 0 Å². The Hall–Kier alpha value is 0.883. The van der Waals surface area contributed by atoms with Gasteiger partial charge in [0.25, 0.3) is 0 Å². The average Bonchev–Trinajstić information content (AvgIpc) is 2.60. The van der Waals surface area contributed by atoms with E-state index >= 15 is 0 Å². The molecular weight excluding hydrogens is 473 g/mol. The van der Waals surface area contributed by atoms with E-state index < -0.39 is 0 Å². The molecule has 0 aliphatic heterocycles. The summed E-state index contributed by atoms with van der Waals surface area (Å²) in [4.78, 5) is 0. The molecule has 1 heteroatoms. The second-order valence-corrected chi connectivity index (χ2v) is 14.0. The zero-order valence-electron chi connectivity index (χ0n) is 15.1. The molecule has 23 heavy (non-hydrogen) atoms. The van der Waals surface area contributed by atoms with Gasteiger partial charge in [0.15, 0.2) is 0 Å². The van der Waals surface area contributed by atoms with Crippen LogP contribution in [-0.2, 0) is 0 Å². The molecular formula is C22H37Bi. The molecule has 0 N–H and O–H groups in total. The van der Waals surface area contributed by atoms with E-state index in [0.29, 0.717) is 0 Å². The normalized spacial score (nSPS) is 51.3. The van der Waals surface area contributed by atoms with Crippen LogP contribution in [0.2, 0.25) is 3.12 Å².